The Balaban J connectivity index is 2.60. The Bertz CT molecular complexity index is 276. The van der Waals surface area contributed by atoms with Crippen LogP contribution in [0.4, 0.5) is 0 Å². The van der Waals surface area contributed by atoms with Gasteiger partial charge in [-0.3, -0.25) is 4.99 Å². The van der Waals surface area contributed by atoms with Crippen LogP contribution in [0.5, 0.6) is 0 Å². The normalized spacial score (nSPS) is 26.7. The van der Waals surface area contributed by atoms with Crippen molar-refractivity contribution in [3.63, 3.8) is 0 Å². The minimum absolute atomic E-state index is 0.0120. The first-order valence-electron chi connectivity index (χ1n) is 4.70. The summed E-state index contributed by atoms with van der Waals surface area (Å²) in [6.45, 7) is 2.93. The van der Waals surface area contributed by atoms with Crippen molar-refractivity contribution in [1.29, 1.82) is 0 Å². The van der Waals surface area contributed by atoms with Crippen molar-refractivity contribution in [3.05, 3.63) is 36.7 Å². The third-order valence-electron chi connectivity index (χ3n) is 2.01. The summed E-state index contributed by atoms with van der Waals surface area (Å²) in [6, 6.07) is 0. The van der Waals surface area contributed by atoms with Crippen LogP contribution in [-0.4, -0.2) is 19.9 Å². The zero-order valence-electron chi connectivity index (χ0n) is 8.70. The maximum Gasteiger partial charge on any atom is 0.0863 e. The van der Waals surface area contributed by atoms with Crippen LogP contribution >= 0.6 is 0 Å². The smallest absolute Gasteiger partial charge is 0.0863 e. The van der Waals surface area contributed by atoms with Crippen LogP contribution < -0.4 is 10.6 Å². The van der Waals surface area contributed by atoms with Crippen molar-refractivity contribution in [2.45, 2.75) is 6.92 Å². The van der Waals surface area contributed by atoms with Gasteiger partial charge in [-0.05, 0) is 18.5 Å². The largest absolute Gasteiger partial charge is 0.394 e. The highest BCUT2D eigenvalue weighted by atomic mass is 14.9. The van der Waals surface area contributed by atoms with Crippen molar-refractivity contribution in [2.75, 3.05) is 13.6 Å². The van der Waals surface area contributed by atoms with Gasteiger partial charge >= 0.3 is 0 Å². The molecule has 2 N–H and O–H groups in total. The molecule has 0 saturated heterocycles. The molecule has 1 rings (SSSR count). The molecule has 1 heterocycles. The van der Waals surface area contributed by atoms with Gasteiger partial charge in [-0.15, -0.1) is 0 Å². The van der Waals surface area contributed by atoms with Crippen LogP contribution in [0, 0.1) is 5.41 Å². The average Bonchev–Trinajstić information content (AvgIpc) is 2.39. The first-order chi connectivity index (χ1) is 6.77. The van der Waals surface area contributed by atoms with Gasteiger partial charge in [-0.2, -0.15) is 0 Å². The van der Waals surface area contributed by atoms with Crippen molar-refractivity contribution in [3.8, 4) is 0 Å². The van der Waals surface area contributed by atoms with Gasteiger partial charge < -0.3 is 10.6 Å². The first-order valence-corrected chi connectivity index (χ1v) is 4.70. The van der Waals surface area contributed by atoms with E-state index in [1.807, 2.05) is 31.6 Å². The molecule has 3 nitrogen and oxygen atoms in total. The molecule has 0 aromatic carbocycles. The summed E-state index contributed by atoms with van der Waals surface area (Å²) in [5.41, 5.74) is 0.0120. The number of rotatable bonds is 3. The van der Waals surface area contributed by atoms with Gasteiger partial charge in [0.05, 0.1) is 12.9 Å². The molecule has 1 aliphatic rings. The van der Waals surface area contributed by atoms with Crippen LogP contribution in [0.2, 0.25) is 0 Å². The first kappa shape index (κ1) is 10.6. The summed E-state index contributed by atoms with van der Waals surface area (Å²) in [5.74, 6) is 0. The SMILES string of the molecule is CN/C=C\C=C\C1(C)C=CNC=NC1. The van der Waals surface area contributed by atoms with Gasteiger partial charge in [0.1, 0.15) is 0 Å². The molecular formula is C11H17N3. The van der Waals surface area contributed by atoms with Crippen LogP contribution in [0.25, 0.3) is 0 Å². The topological polar surface area (TPSA) is 36.4 Å². The Morgan fingerprint density at radius 3 is 3.14 bits per heavy atom. The molecule has 1 aliphatic heterocycles. The van der Waals surface area contributed by atoms with Crippen LogP contribution in [-0.2, 0) is 0 Å². The number of hydrogen-bond donors (Lipinski definition) is 2. The van der Waals surface area contributed by atoms with E-state index in [2.05, 4.69) is 34.7 Å². The van der Waals surface area contributed by atoms with E-state index >= 15 is 0 Å². The zero-order chi connectivity index (χ0) is 10.3. The van der Waals surface area contributed by atoms with E-state index in [0.717, 1.165) is 6.54 Å². The van der Waals surface area contributed by atoms with E-state index in [0.29, 0.717) is 0 Å². The standard InChI is InChI=1S/C11H17N3/c1-11(5-3-4-7-12-2)6-8-13-10-14-9-11/h3-8,10,12H,9H2,1-2H3,(H,13,14)/b5-3+,7-4-. The molecule has 0 bridgehead atoms. The molecule has 0 amide bonds. The molecule has 0 aromatic rings. The molecular weight excluding hydrogens is 174 g/mol. The lowest BCUT2D eigenvalue weighted by atomic mass is 9.90. The van der Waals surface area contributed by atoms with Gasteiger partial charge in [0, 0.05) is 12.5 Å². The minimum atomic E-state index is 0.0120. The summed E-state index contributed by atoms with van der Waals surface area (Å²) in [7, 11) is 1.88. The molecule has 0 saturated carbocycles. The maximum absolute atomic E-state index is 4.23. The molecule has 0 aromatic heterocycles. The van der Waals surface area contributed by atoms with Gasteiger partial charge in [-0.1, -0.05) is 25.2 Å². The van der Waals surface area contributed by atoms with Crippen molar-refractivity contribution in [1.82, 2.24) is 10.6 Å². The Morgan fingerprint density at radius 1 is 1.50 bits per heavy atom. The molecule has 14 heavy (non-hydrogen) atoms. The molecule has 0 fully saturated rings. The lowest BCUT2D eigenvalue weighted by molar-refractivity contribution is 0.571. The van der Waals surface area contributed by atoms with Crippen LogP contribution in [0.15, 0.2) is 41.7 Å². The molecule has 0 aliphatic carbocycles. The molecule has 0 spiro atoms. The fourth-order valence-electron chi connectivity index (χ4n) is 1.16. The molecule has 1 unspecified atom stereocenters. The van der Waals surface area contributed by atoms with Crippen LogP contribution in [0.3, 0.4) is 0 Å². The quantitative estimate of drug-likeness (QED) is 0.662. The van der Waals surface area contributed by atoms with E-state index in [-0.39, 0.29) is 5.41 Å². The molecule has 0 radical (unpaired) electrons. The minimum Gasteiger partial charge on any atom is -0.394 e. The lowest BCUT2D eigenvalue weighted by Crippen LogP contribution is -2.12. The Kier molecular flexibility index (Phi) is 3.98. The van der Waals surface area contributed by atoms with Crippen molar-refractivity contribution >= 4 is 6.34 Å². The zero-order valence-corrected chi connectivity index (χ0v) is 8.70. The molecule has 3 heteroatoms. The molecule has 76 valence electrons. The highest BCUT2D eigenvalue weighted by molar-refractivity contribution is 5.56. The Hall–Kier alpha value is -1.51. The highest BCUT2D eigenvalue weighted by Crippen LogP contribution is 2.21. The number of nitrogens with zero attached hydrogens (tertiary/aromatic N) is 1. The van der Waals surface area contributed by atoms with Crippen LogP contribution in [0.1, 0.15) is 6.92 Å². The summed E-state index contributed by atoms with van der Waals surface area (Å²) in [6.07, 6.45) is 13.8. The second kappa shape index (κ2) is 5.27. The van der Waals surface area contributed by atoms with Gasteiger partial charge in [0.15, 0.2) is 0 Å². The molecule has 1 atom stereocenters. The summed E-state index contributed by atoms with van der Waals surface area (Å²) in [4.78, 5) is 4.23. The predicted molar refractivity (Wildman–Crippen MR) is 61.1 cm³/mol. The van der Waals surface area contributed by atoms with Gasteiger partial charge in [-0.25, -0.2) is 0 Å². The van der Waals surface area contributed by atoms with E-state index in [4.69, 9.17) is 0 Å². The fraction of sp³-hybridized carbons (Fsp3) is 0.364. The predicted octanol–water partition coefficient (Wildman–Crippen LogP) is 1.43. The van der Waals surface area contributed by atoms with E-state index in [1.54, 1.807) is 6.34 Å². The Labute approximate surface area is 85.3 Å². The third-order valence-corrected chi connectivity index (χ3v) is 2.01. The van der Waals surface area contributed by atoms with Crippen molar-refractivity contribution < 1.29 is 0 Å². The fourth-order valence-corrected chi connectivity index (χ4v) is 1.16. The lowest BCUT2D eigenvalue weighted by Gasteiger charge is -2.17. The second-order valence-corrected chi connectivity index (χ2v) is 3.48. The van der Waals surface area contributed by atoms with Crippen molar-refractivity contribution in [2.24, 2.45) is 10.4 Å². The summed E-state index contributed by atoms with van der Waals surface area (Å²) < 4.78 is 0. The monoisotopic (exact) mass is 191 g/mol. The summed E-state index contributed by atoms with van der Waals surface area (Å²) in [5, 5.41) is 5.91. The van der Waals surface area contributed by atoms with Gasteiger partial charge in [0.25, 0.3) is 0 Å². The Morgan fingerprint density at radius 2 is 2.36 bits per heavy atom. The number of aliphatic imine (C=N–C) groups is 1. The second-order valence-electron chi connectivity index (χ2n) is 3.48. The number of hydrogen-bond acceptors (Lipinski definition) is 3. The van der Waals surface area contributed by atoms with E-state index in [1.165, 1.54) is 0 Å². The number of nitrogens with one attached hydrogen (secondary N) is 2. The van der Waals surface area contributed by atoms with Gasteiger partial charge in [0.2, 0.25) is 0 Å². The van der Waals surface area contributed by atoms with E-state index in [9.17, 15) is 0 Å². The van der Waals surface area contributed by atoms with E-state index < -0.39 is 0 Å². The number of allylic oxidation sites excluding steroid dienone is 2. The highest BCUT2D eigenvalue weighted by Gasteiger charge is 2.16. The summed E-state index contributed by atoms with van der Waals surface area (Å²) >= 11 is 0. The maximum atomic E-state index is 4.23. The third kappa shape index (κ3) is 3.47. The average molecular weight is 191 g/mol.